The average molecular weight is 300 g/mol. The highest BCUT2D eigenvalue weighted by Crippen LogP contribution is 2.22. The predicted octanol–water partition coefficient (Wildman–Crippen LogP) is 1.75. The van der Waals surface area contributed by atoms with Crippen molar-refractivity contribution in [1.29, 1.82) is 0 Å². The van der Waals surface area contributed by atoms with Crippen molar-refractivity contribution in [2.45, 2.75) is 32.7 Å². The molecule has 7 heteroatoms. The molecule has 2 rings (SSSR count). The Morgan fingerprint density at radius 2 is 2.20 bits per heavy atom. The van der Waals surface area contributed by atoms with E-state index in [1.54, 1.807) is 0 Å². The summed E-state index contributed by atoms with van der Waals surface area (Å²) in [5, 5.41) is 3.67. The Morgan fingerprint density at radius 3 is 2.90 bits per heavy atom. The van der Waals surface area contributed by atoms with Crippen LogP contribution < -0.4 is 15.0 Å². The van der Waals surface area contributed by atoms with Crippen molar-refractivity contribution < 1.29 is 4.74 Å². The van der Waals surface area contributed by atoms with Crippen LogP contribution in [0.5, 0.6) is 6.01 Å². The van der Waals surface area contributed by atoms with Gasteiger partial charge in [0.2, 0.25) is 11.2 Å². The number of methoxy groups -OCH3 is 1. The first-order valence-electron chi connectivity index (χ1n) is 7.02. The van der Waals surface area contributed by atoms with Crippen LogP contribution in [0.25, 0.3) is 0 Å². The third kappa shape index (κ3) is 4.18. The molecule has 1 aliphatic rings. The molecule has 1 saturated heterocycles. The molecule has 1 aliphatic heterocycles. The molecule has 6 nitrogen and oxygen atoms in total. The topological polar surface area (TPSA) is 63.2 Å². The van der Waals surface area contributed by atoms with E-state index >= 15 is 0 Å². The number of rotatable bonds is 5. The summed E-state index contributed by atoms with van der Waals surface area (Å²) in [6.45, 7) is 7.23. The second kappa shape index (κ2) is 7.04. The first-order valence-corrected chi connectivity index (χ1v) is 7.40. The normalized spacial score (nSPS) is 19.4. The van der Waals surface area contributed by atoms with E-state index < -0.39 is 0 Å². The lowest BCUT2D eigenvalue weighted by Gasteiger charge is -2.33. The fourth-order valence-corrected chi connectivity index (χ4v) is 2.52. The van der Waals surface area contributed by atoms with Gasteiger partial charge < -0.3 is 15.0 Å². The minimum atomic E-state index is 0.175. The van der Waals surface area contributed by atoms with Gasteiger partial charge in [0.25, 0.3) is 0 Å². The van der Waals surface area contributed by atoms with Gasteiger partial charge in [-0.05, 0) is 36.9 Å². The van der Waals surface area contributed by atoms with Gasteiger partial charge in [0, 0.05) is 19.1 Å². The van der Waals surface area contributed by atoms with Gasteiger partial charge in [0.1, 0.15) is 0 Å². The number of hydrogen-bond donors (Lipinski definition) is 1. The highest BCUT2D eigenvalue weighted by molar-refractivity contribution is 6.28. The highest BCUT2D eigenvalue weighted by Gasteiger charge is 2.22. The van der Waals surface area contributed by atoms with Crippen molar-refractivity contribution in [2.24, 2.45) is 5.92 Å². The summed E-state index contributed by atoms with van der Waals surface area (Å²) >= 11 is 5.91. The number of piperidine rings is 1. The zero-order valence-electron chi connectivity index (χ0n) is 12.3. The summed E-state index contributed by atoms with van der Waals surface area (Å²) in [6, 6.07) is 0.777. The molecule has 1 unspecified atom stereocenters. The van der Waals surface area contributed by atoms with Crippen molar-refractivity contribution in [2.75, 3.05) is 31.6 Å². The Labute approximate surface area is 124 Å². The van der Waals surface area contributed by atoms with Crippen LogP contribution in [-0.4, -0.2) is 47.7 Å². The number of nitrogens with one attached hydrogen (secondary N) is 1. The van der Waals surface area contributed by atoms with Gasteiger partial charge in [-0.25, -0.2) is 0 Å². The molecule has 112 valence electrons. The fourth-order valence-electron chi connectivity index (χ4n) is 2.37. The van der Waals surface area contributed by atoms with E-state index in [0.29, 0.717) is 17.9 Å². The van der Waals surface area contributed by atoms with E-state index in [-0.39, 0.29) is 11.3 Å². The van der Waals surface area contributed by atoms with Gasteiger partial charge >= 0.3 is 6.01 Å². The minimum absolute atomic E-state index is 0.175. The highest BCUT2D eigenvalue weighted by atomic mass is 35.5. The molecule has 20 heavy (non-hydrogen) atoms. The molecule has 1 aromatic rings. The quantitative estimate of drug-likeness (QED) is 0.894. The van der Waals surface area contributed by atoms with Gasteiger partial charge in [-0.3, -0.25) is 0 Å². The van der Waals surface area contributed by atoms with Crippen LogP contribution in [0.4, 0.5) is 5.95 Å². The largest absolute Gasteiger partial charge is 0.467 e. The Kier molecular flexibility index (Phi) is 5.37. The van der Waals surface area contributed by atoms with Crippen LogP contribution in [0.2, 0.25) is 5.28 Å². The maximum Gasteiger partial charge on any atom is 0.322 e. The van der Waals surface area contributed by atoms with Crippen molar-refractivity contribution in [3.63, 3.8) is 0 Å². The molecular formula is C13H22ClN5O. The van der Waals surface area contributed by atoms with Gasteiger partial charge in [-0.1, -0.05) is 13.8 Å². The van der Waals surface area contributed by atoms with Crippen molar-refractivity contribution >= 4 is 17.5 Å². The van der Waals surface area contributed by atoms with E-state index in [4.69, 9.17) is 16.3 Å². The molecule has 1 N–H and O–H groups in total. The van der Waals surface area contributed by atoms with Crippen molar-refractivity contribution in [1.82, 2.24) is 20.3 Å². The van der Waals surface area contributed by atoms with Gasteiger partial charge in [0.05, 0.1) is 7.11 Å². The van der Waals surface area contributed by atoms with E-state index in [2.05, 4.69) is 39.0 Å². The van der Waals surface area contributed by atoms with Crippen molar-refractivity contribution in [3.8, 4) is 6.01 Å². The van der Waals surface area contributed by atoms with E-state index in [1.807, 2.05) is 0 Å². The molecular weight excluding hydrogens is 278 g/mol. The zero-order valence-corrected chi connectivity index (χ0v) is 13.0. The van der Waals surface area contributed by atoms with E-state index in [9.17, 15) is 0 Å². The number of halogens is 1. The van der Waals surface area contributed by atoms with E-state index in [0.717, 1.165) is 26.1 Å². The SMILES string of the molecule is COc1nc(Cl)nc(N2CCCC(CNC(C)C)C2)n1. The Hall–Kier alpha value is -1.14. The lowest BCUT2D eigenvalue weighted by atomic mass is 9.98. The number of anilines is 1. The van der Waals surface area contributed by atoms with Gasteiger partial charge in [-0.15, -0.1) is 0 Å². The standard InChI is InChI=1S/C13H22ClN5O/c1-9(2)15-7-10-5-4-6-19(8-10)12-16-11(14)17-13(18-12)20-3/h9-10,15H,4-8H2,1-3H3. The van der Waals surface area contributed by atoms with Crippen molar-refractivity contribution in [3.05, 3.63) is 5.28 Å². The minimum Gasteiger partial charge on any atom is -0.467 e. The molecule has 0 bridgehead atoms. The molecule has 1 aromatic heterocycles. The van der Waals surface area contributed by atoms with Crippen LogP contribution in [0, 0.1) is 5.92 Å². The smallest absolute Gasteiger partial charge is 0.322 e. The first-order chi connectivity index (χ1) is 9.58. The summed E-state index contributed by atoms with van der Waals surface area (Å²) in [6.07, 6.45) is 2.36. The van der Waals surface area contributed by atoms with Crippen LogP contribution in [0.15, 0.2) is 0 Å². The molecule has 0 radical (unpaired) electrons. The summed E-state index contributed by atoms with van der Waals surface area (Å²) < 4.78 is 5.05. The van der Waals surface area contributed by atoms with Crippen LogP contribution in [0.3, 0.4) is 0 Å². The van der Waals surface area contributed by atoms with Crippen LogP contribution >= 0.6 is 11.6 Å². The third-order valence-electron chi connectivity index (χ3n) is 3.37. The zero-order chi connectivity index (χ0) is 14.5. The summed E-state index contributed by atoms with van der Waals surface area (Å²) in [5.41, 5.74) is 0. The molecule has 0 saturated carbocycles. The Bertz CT molecular complexity index is 443. The third-order valence-corrected chi connectivity index (χ3v) is 3.54. The molecule has 2 heterocycles. The molecule has 0 amide bonds. The molecule has 0 aliphatic carbocycles. The van der Waals surface area contributed by atoms with Crippen LogP contribution in [0.1, 0.15) is 26.7 Å². The molecule has 1 atom stereocenters. The number of aromatic nitrogens is 3. The molecule has 0 spiro atoms. The summed E-state index contributed by atoms with van der Waals surface area (Å²) in [7, 11) is 1.53. The first kappa shape index (κ1) is 15.3. The molecule has 1 fully saturated rings. The second-order valence-corrected chi connectivity index (χ2v) is 5.75. The van der Waals surface area contributed by atoms with E-state index in [1.165, 1.54) is 13.5 Å². The second-order valence-electron chi connectivity index (χ2n) is 5.41. The average Bonchev–Trinajstić information content (AvgIpc) is 2.44. The maximum absolute atomic E-state index is 5.91. The predicted molar refractivity (Wildman–Crippen MR) is 79.5 cm³/mol. The lowest BCUT2D eigenvalue weighted by molar-refractivity contribution is 0.365. The van der Waals surface area contributed by atoms with Gasteiger partial charge in [0.15, 0.2) is 0 Å². The Balaban J connectivity index is 2.02. The maximum atomic E-state index is 5.91. The summed E-state index contributed by atoms with van der Waals surface area (Å²) in [4.78, 5) is 14.6. The number of hydrogen-bond acceptors (Lipinski definition) is 6. The number of ether oxygens (including phenoxy) is 1. The Morgan fingerprint density at radius 1 is 1.40 bits per heavy atom. The molecule has 0 aromatic carbocycles. The van der Waals surface area contributed by atoms with Gasteiger partial charge in [-0.2, -0.15) is 15.0 Å². The fraction of sp³-hybridized carbons (Fsp3) is 0.769. The monoisotopic (exact) mass is 299 g/mol. The van der Waals surface area contributed by atoms with Crippen LogP contribution in [-0.2, 0) is 0 Å². The summed E-state index contributed by atoms with van der Waals surface area (Å²) in [5.74, 6) is 1.21. The number of nitrogens with zero attached hydrogens (tertiary/aromatic N) is 4. The lowest BCUT2D eigenvalue weighted by Crippen LogP contribution is -2.41.